The molecular weight excluding hydrogens is 364 g/mol. The highest BCUT2D eigenvalue weighted by atomic mass is 32.2. The summed E-state index contributed by atoms with van der Waals surface area (Å²) in [6, 6.07) is 7.17. The van der Waals surface area contributed by atoms with Crippen molar-refractivity contribution < 1.29 is 18.0 Å². The smallest absolute Gasteiger partial charge is 0.220 e. The zero-order chi connectivity index (χ0) is 19.9. The van der Waals surface area contributed by atoms with Gasteiger partial charge in [-0.15, -0.1) is 0 Å². The summed E-state index contributed by atoms with van der Waals surface area (Å²) in [5, 5.41) is 0. The Morgan fingerprint density at radius 2 is 1.63 bits per heavy atom. The van der Waals surface area contributed by atoms with Crippen LogP contribution >= 0.6 is 0 Å². The van der Waals surface area contributed by atoms with Gasteiger partial charge in [0.05, 0.1) is 17.0 Å². The molecule has 1 aliphatic heterocycles. The van der Waals surface area contributed by atoms with Crippen LogP contribution in [-0.4, -0.2) is 61.0 Å². The molecule has 2 aliphatic rings. The SMILES string of the molecule is CC(=O)N1C[C@H](C)N(C(C)=O)C2CCC(c3ccc(S(C)(=O)=O)cc3)CC21. The van der Waals surface area contributed by atoms with Crippen LogP contribution < -0.4 is 0 Å². The summed E-state index contributed by atoms with van der Waals surface area (Å²) in [4.78, 5) is 28.6. The number of hydrogen-bond donors (Lipinski definition) is 0. The molecule has 0 spiro atoms. The maximum absolute atomic E-state index is 12.2. The second-order valence-electron chi connectivity index (χ2n) is 7.93. The van der Waals surface area contributed by atoms with Crippen LogP contribution in [0.2, 0.25) is 0 Å². The maximum Gasteiger partial charge on any atom is 0.220 e. The Labute approximate surface area is 161 Å². The van der Waals surface area contributed by atoms with Crippen molar-refractivity contribution in [1.29, 1.82) is 0 Å². The minimum atomic E-state index is -3.21. The highest BCUT2D eigenvalue weighted by molar-refractivity contribution is 7.90. The molecule has 6 nitrogen and oxygen atoms in total. The van der Waals surface area contributed by atoms with Crippen molar-refractivity contribution in [3.63, 3.8) is 0 Å². The summed E-state index contributed by atoms with van der Waals surface area (Å²) in [7, 11) is -3.21. The molecule has 1 heterocycles. The van der Waals surface area contributed by atoms with Crippen LogP contribution in [0.15, 0.2) is 29.2 Å². The van der Waals surface area contributed by atoms with Crippen molar-refractivity contribution >= 4 is 21.7 Å². The van der Waals surface area contributed by atoms with E-state index in [1.807, 2.05) is 28.9 Å². The first-order chi connectivity index (χ1) is 12.6. The van der Waals surface area contributed by atoms with Crippen molar-refractivity contribution in [1.82, 2.24) is 9.80 Å². The van der Waals surface area contributed by atoms with Gasteiger partial charge in [-0.3, -0.25) is 9.59 Å². The van der Waals surface area contributed by atoms with Crippen LogP contribution in [-0.2, 0) is 19.4 Å². The lowest BCUT2D eigenvalue weighted by atomic mass is 9.76. The molecule has 1 aliphatic carbocycles. The number of nitrogens with zero attached hydrogens (tertiary/aromatic N) is 2. The zero-order valence-electron chi connectivity index (χ0n) is 16.4. The fourth-order valence-corrected chi connectivity index (χ4v) is 5.45. The first-order valence-corrected chi connectivity index (χ1v) is 11.3. The summed E-state index contributed by atoms with van der Waals surface area (Å²) < 4.78 is 23.4. The molecule has 1 saturated carbocycles. The molecule has 27 heavy (non-hydrogen) atoms. The number of benzene rings is 1. The van der Waals surface area contributed by atoms with Crippen LogP contribution in [0, 0.1) is 0 Å². The van der Waals surface area contributed by atoms with E-state index in [1.165, 1.54) is 6.26 Å². The Morgan fingerprint density at radius 3 is 2.15 bits per heavy atom. The van der Waals surface area contributed by atoms with E-state index in [-0.39, 0.29) is 35.9 Å². The van der Waals surface area contributed by atoms with E-state index in [1.54, 1.807) is 26.0 Å². The number of hydrogen-bond acceptors (Lipinski definition) is 4. The van der Waals surface area contributed by atoms with Gasteiger partial charge < -0.3 is 9.80 Å². The second kappa shape index (κ2) is 7.26. The first-order valence-electron chi connectivity index (χ1n) is 9.45. The second-order valence-corrected chi connectivity index (χ2v) is 9.95. The molecule has 0 radical (unpaired) electrons. The van der Waals surface area contributed by atoms with Gasteiger partial charge in [-0.1, -0.05) is 12.1 Å². The largest absolute Gasteiger partial charge is 0.336 e. The third kappa shape index (κ3) is 3.88. The highest BCUT2D eigenvalue weighted by Crippen LogP contribution is 2.40. The van der Waals surface area contributed by atoms with Crippen LogP contribution in [0.1, 0.15) is 51.5 Å². The Kier molecular flexibility index (Phi) is 5.34. The molecule has 4 atom stereocenters. The molecule has 7 heteroatoms. The van der Waals surface area contributed by atoms with Gasteiger partial charge in [0.2, 0.25) is 11.8 Å². The van der Waals surface area contributed by atoms with Gasteiger partial charge in [0.25, 0.3) is 0 Å². The quantitative estimate of drug-likeness (QED) is 0.773. The third-order valence-corrected chi connectivity index (χ3v) is 7.15. The molecule has 2 fully saturated rings. The third-order valence-electron chi connectivity index (χ3n) is 6.02. The number of carbonyl (C=O) groups is 2. The van der Waals surface area contributed by atoms with E-state index in [9.17, 15) is 18.0 Å². The fraction of sp³-hybridized carbons (Fsp3) is 0.600. The highest BCUT2D eigenvalue weighted by Gasteiger charge is 2.45. The fourth-order valence-electron chi connectivity index (χ4n) is 4.82. The van der Waals surface area contributed by atoms with E-state index in [0.29, 0.717) is 11.4 Å². The number of carbonyl (C=O) groups excluding carboxylic acids is 2. The molecule has 0 aromatic heterocycles. The summed E-state index contributed by atoms with van der Waals surface area (Å²) in [6.07, 6.45) is 3.76. The number of fused-ring (bicyclic) bond motifs is 1. The Balaban J connectivity index is 1.86. The van der Waals surface area contributed by atoms with E-state index >= 15 is 0 Å². The molecule has 1 saturated heterocycles. The maximum atomic E-state index is 12.2. The van der Waals surface area contributed by atoms with Gasteiger partial charge in [-0.2, -0.15) is 0 Å². The minimum Gasteiger partial charge on any atom is -0.336 e. The van der Waals surface area contributed by atoms with E-state index < -0.39 is 9.84 Å². The predicted octanol–water partition coefficient (Wildman–Crippen LogP) is 2.19. The molecule has 0 N–H and O–H groups in total. The topological polar surface area (TPSA) is 74.8 Å². The lowest BCUT2D eigenvalue weighted by Crippen LogP contribution is -2.66. The van der Waals surface area contributed by atoms with Crippen molar-refractivity contribution in [2.45, 2.75) is 69.0 Å². The van der Waals surface area contributed by atoms with E-state index in [4.69, 9.17) is 0 Å². The Morgan fingerprint density at radius 1 is 1.00 bits per heavy atom. The normalized spacial score (nSPS) is 28.6. The van der Waals surface area contributed by atoms with Crippen molar-refractivity contribution in [2.24, 2.45) is 0 Å². The average Bonchev–Trinajstić information content (AvgIpc) is 2.59. The number of amides is 2. The molecule has 1 aromatic rings. The Bertz CT molecular complexity index is 834. The first kappa shape index (κ1) is 19.9. The molecule has 148 valence electrons. The van der Waals surface area contributed by atoms with Gasteiger partial charge >= 0.3 is 0 Å². The monoisotopic (exact) mass is 392 g/mol. The van der Waals surface area contributed by atoms with Gasteiger partial charge in [-0.25, -0.2) is 8.42 Å². The molecule has 0 bridgehead atoms. The number of piperazine rings is 1. The number of sulfone groups is 1. The molecule has 3 unspecified atom stereocenters. The lowest BCUT2D eigenvalue weighted by molar-refractivity contribution is -0.152. The zero-order valence-corrected chi connectivity index (χ0v) is 17.2. The molecular formula is C20H28N2O4S. The molecule has 3 rings (SSSR count). The summed E-state index contributed by atoms with van der Waals surface area (Å²) in [5.74, 6) is 0.369. The van der Waals surface area contributed by atoms with Gasteiger partial charge in [0.1, 0.15) is 0 Å². The van der Waals surface area contributed by atoms with E-state index in [0.717, 1.165) is 24.8 Å². The van der Waals surface area contributed by atoms with Crippen molar-refractivity contribution in [2.75, 3.05) is 12.8 Å². The van der Waals surface area contributed by atoms with Crippen molar-refractivity contribution in [3.8, 4) is 0 Å². The van der Waals surface area contributed by atoms with Gasteiger partial charge in [0.15, 0.2) is 9.84 Å². The lowest BCUT2D eigenvalue weighted by Gasteiger charge is -2.54. The number of rotatable bonds is 2. The minimum absolute atomic E-state index is 0.0101. The molecule has 2 amide bonds. The van der Waals surface area contributed by atoms with Gasteiger partial charge in [0, 0.05) is 32.7 Å². The summed E-state index contributed by atoms with van der Waals surface area (Å²) >= 11 is 0. The Hall–Kier alpha value is -1.89. The van der Waals surface area contributed by atoms with Gasteiger partial charge in [-0.05, 0) is 49.8 Å². The van der Waals surface area contributed by atoms with Crippen LogP contribution in [0.25, 0.3) is 0 Å². The van der Waals surface area contributed by atoms with Crippen molar-refractivity contribution in [3.05, 3.63) is 29.8 Å². The summed E-state index contributed by atoms with van der Waals surface area (Å²) in [6.45, 7) is 5.77. The van der Waals surface area contributed by atoms with Crippen LogP contribution in [0.3, 0.4) is 0 Å². The average molecular weight is 393 g/mol. The van der Waals surface area contributed by atoms with Crippen LogP contribution in [0.4, 0.5) is 0 Å². The van der Waals surface area contributed by atoms with E-state index in [2.05, 4.69) is 0 Å². The predicted molar refractivity (Wildman–Crippen MR) is 103 cm³/mol. The van der Waals surface area contributed by atoms with Crippen LogP contribution in [0.5, 0.6) is 0 Å². The standard InChI is InChI=1S/C20H28N2O4S/c1-13-12-21(14(2)23)20-11-17(7-10-19(20)22(13)15(3)24)16-5-8-18(9-6-16)27(4,25)26/h5-6,8-9,13,17,19-20H,7,10-12H2,1-4H3/t13-,17?,19?,20?/m0/s1. The molecule has 1 aromatic carbocycles. The summed E-state index contributed by atoms with van der Waals surface area (Å²) in [5.41, 5.74) is 1.09.